The molecule has 1 aliphatic carbocycles. The number of nitrogens with one attached hydrogen (secondary N) is 2. The van der Waals surface area contributed by atoms with Gasteiger partial charge in [0.15, 0.2) is 5.96 Å². The van der Waals surface area contributed by atoms with Gasteiger partial charge in [-0.15, -0.1) is 35.3 Å². The number of hydrogen-bond donors (Lipinski definition) is 2. The molecule has 0 aliphatic heterocycles. The first-order chi connectivity index (χ1) is 13.5. The van der Waals surface area contributed by atoms with Gasteiger partial charge in [-0.1, -0.05) is 18.9 Å². The molecule has 0 radical (unpaired) electrons. The number of halogens is 1. The first-order valence-electron chi connectivity index (χ1n) is 10.4. The molecule has 0 bridgehead atoms. The van der Waals surface area contributed by atoms with Gasteiger partial charge < -0.3 is 20.3 Å². The highest BCUT2D eigenvalue weighted by Gasteiger charge is 2.33. The van der Waals surface area contributed by atoms with Crippen molar-refractivity contribution in [2.75, 3.05) is 46.9 Å². The lowest BCUT2D eigenvalue weighted by atomic mass is 9.83. The maximum Gasteiger partial charge on any atom is 0.243 e. The number of carbonyl (C=O) groups is 1. The molecule has 1 fully saturated rings. The highest BCUT2D eigenvalue weighted by Crippen LogP contribution is 2.40. The number of rotatable bonds is 11. The lowest BCUT2D eigenvalue weighted by Gasteiger charge is -2.30. The van der Waals surface area contributed by atoms with Crippen LogP contribution in [0.25, 0.3) is 0 Å². The summed E-state index contributed by atoms with van der Waals surface area (Å²) in [6, 6.07) is 4.22. The molecule has 0 spiro atoms. The molecular formula is C21H37IN4O2S. The Morgan fingerprint density at radius 3 is 2.69 bits per heavy atom. The predicted octanol–water partition coefficient (Wildman–Crippen LogP) is 3.52. The van der Waals surface area contributed by atoms with Crippen LogP contribution >= 0.6 is 35.3 Å². The van der Waals surface area contributed by atoms with Crippen molar-refractivity contribution in [3.05, 3.63) is 22.4 Å². The Morgan fingerprint density at radius 1 is 1.31 bits per heavy atom. The maximum atomic E-state index is 12.0. The number of hydrogen-bond acceptors (Lipinski definition) is 4. The van der Waals surface area contributed by atoms with E-state index in [1.807, 2.05) is 6.92 Å². The molecular weight excluding hydrogens is 499 g/mol. The molecule has 8 heteroatoms. The van der Waals surface area contributed by atoms with E-state index in [4.69, 9.17) is 4.74 Å². The first kappa shape index (κ1) is 26.2. The zero-order valence-corrected chi connectivity index (χ0v) is 21.2. The van der Waals surface area contributed by atoms with Crippen LogP contribution in [-0.2, 0) is 16.0 Å². The number of carbonyl (C=O) groups excluding carboxylic acids is 1. The van der Waals surface area contributed by atoms with Gasteiger partial charge in [-0.25, -0.2) is 4.99 Å². The molecule has 1 aromatic heterocycles. The van der Waals surface area contributed by atoms with E-state index in [1.165, 1.54) is 30.6 Å². The van der Waals surface area contributed by atoms with Crippen LogP contribution in [0.5, 0.6) is 0 Å². The largest absolute Gasteiger partial charge is 0.382 e. The average molecular weight is 537 g/mol. The SMILES string of the molecule is CCOCCC1(CNC(=NCC(=O)N(C)C)NCCc2cccs2)CCCC1.I. The molecule has 0 saturated heterocycles. The smallest absolute Gasteiger partial charge is 0.243 e. The van der Waals surface area contributed by atoms with Crippen LogP contribution in [0.3, 0.4) is 0 Å². The Kier molecular flexibility index (Phi) is 12.8. The third-order valence-electron chi connectivity index (χ3n) is 5.39. The summed E-state index contributed by atoms with van der Waals surface area (Å²) in [6.45, 7) is 5.47. The lowest BCUT2D eigenvalue weighted by molar-refractivity contribution is -0.127. The first-order valence-corrected chi connectivity index (χ1v) is 11.2. The van der Waals surface area contributed by atoms with Crippen molar-refractivity contribution in [3.63, 3.8) is 0 Å². The Balaban J connectivity index is 0.00000420. The van der Waals surface area contributed by atoms with Crippen LogP contribution < -0.4 is 10.6 Å². The molecule has 1 amide bonds. The minimum absolute atomic E-state index is 0. The van der Waals surface area contributed by atoms with Crippen LogP contribution in [0.2, 0.25) is 0 Å². The summed E-state index contributed by atoms with van der Waals surface area (Å²) in [5.41, 5.74) is 0.275. The second kappa shape index (κ2) is 14.2. The lowest BCUT2D eigenvalue weighted by Crippen LogP contribution is -2.44. The summed E-state index contributed by atoms with van der Waals surface area (Å²) < 4.78 is 5.62. The molecule has 2 N–H and O–H groups in total. The van der Waals surface area contributed by atoms with Crippen LogP contribution in [0.4, 0.5) is 0 Å². The van der Waals surface area contributed by atoms with Crippen LogP contribution in [0.1, 0.15) is 43.9 Å². The summed E-state index contributed by atoms with van der Waals surface area (Å²) in [5, 5.41) is 9.02. The van der Waals surface area contributed by atoms with Crippen molar-refractivity contribution < 1.29 is 9.53 Å². The fourth-order valence-corrected chi connectivity index (χ4v) is 4.27. The van der Waals surface area contributed by atoms with E-state index in [9.17, 15) is 4.79 Å². The number of likely N-dealkylation sites (N-methyl/N-ethyl adjacent to an activating group) is 1. The molecule has 1 aliphatic rings. The van der Waals surface area contributed by atoms with E-state index in [0.717, 1.165) is 45.1 Å². The van der Waals surface area contributed by atoms with E-state index in [1.54, 1.807) is 30.3 Å². The summed E-state index contributed by atoms with van der Waals surface area (Å²) >= 11 is 1.77. The minimum Gasteiger partial charge on any atom is -0.382 e. The van der Waals surface area contributed by atoms with E-state index in [-0.39, 0.29) is 41.8 Å². The molecule has 2 rings (SSSR count). The number of ether oxygens (including phenoxy) is 1. The molecule has 0 unspecified atom stereocenters. The third kappa shape index (κ3) is 9.65. The highest BCUT2D eigenvalue weighted by atomic mass is 127. The Hall–Kier alpha value is -0.870. The van der Waals surface area contributed by atoms with E-state index < -0.39 is 0 Å². The molecule has 6 nitrogen and oxygen atoms in total. The zero-order chi connectivity index (χ0) is 20.2. The highest BCUT2D eigenvalue weighted by molar-refractivity contribution is 14.0. The van der Waals surface area contributed by atoms with E-state index in [0.29, 0.717) is 0 Å². The predicted molar refractivity (Wildman–Crippen MR) is 132 cm³/mol. The Bertz CT molecular complexity index is 602. The second-order valence-electron chi connectivity index (χ2n) is 7.72. The zero-order valence-electron chi connectivity index (χ0n) is 18.0. The third-order valence-corrected chi connectivity index (χ3v) is 6.33. The van der Waals surface area contributed by atoms with Crippen LogP contribution in [0, 0.1) is 5.41 Å². The van der Waals surface area contributed by atoms with Crippen molar-refractivity contribution in [1.82, 2.24) is 15.5 Å². The quantitative estimate of drug-likeness (QED) is 0.197. The summed E-state index contributed by atoms with van der Waals surface area (Å²) in [6.07, 6.45) is 7.05. The van der Waals surface area contributed by atoms with Gasteiger partial charge in [0.05, 0.1) is 0 Å². The van der Waals surface area contributed by atoms with Gasteiger partial charge in [0.2, 0.25) is 5.91 Å². The molecule has 1 aromatic rings. The average Bonchev–Trinajstić information content (AvgIpc) is 3.36. The number of amides is 1. The fraction of sp³-hybridized carbons (Fsp3) is 0.714. The van der Waals surface area contributed by atoms with Crippen molar-refractivity contribution >= 4 is 47.2 Å². The molecule has 29 heavy (non-hydrogen) atoms. The maximum absolute atomic E-state index is 12.0. The van der Waals surface area contributed by atoms with Gasteiger partial charge in [-0.05, 0) is 49.5 Å². The molecule has 1 heterocycles. The Morgan fingerprint density at radius 2 is 2.07 bits per heavy atom. The Labute approximate surface area is 196 Å². The van der Waals surface area contributed by atoms with Crippen LogP contribution in [-0.4, -0.2) is 63.7 Å². The van der Waals surface area contributed by atoms with Crippen LogP contribution in [0.15, 0.2) is 22.5 Å². The van der Waals surface area contributed by atoms with Crippen molar-refractivity contribution in [1.29, 1.82) is 0 Å². The normalized spacial score (nSPS) is 15.6. The van der Waals surface area contributed by atoms with Gasteiger partial charge in [-0.3, -0.25) is 4.79 Å². The minimum atomic E-state index is 0. The number of aliphatic imine (C=N–C) groups is 1. The fourth-order valence-electron chi connectivity index (χ4n) is 3.57. The molecule has 0 atom stereocenters. The van der Waals surface area contributed by atoms with Gasteiger partial charge in [-0.2, -0.15) is 0 Å². The monoisotopic (exact) mass is 536 g/mol. The topological polar surface area (TPSA) is 66.0 Å². The number of nitrogens with zero attached hydrogens (tertiary/aromatic N) is 2. The summed E-state index contributed by atoms with van der Waals surface area (Å²) in [5.74, 6) is 0.737. The van der Waals surface area contributed by atoms with Gasteiger partial charge in [0, 0.05) is 45.3 Å². The number of guanidine groups is 1. The molecule has 0 aromatic carbocycles. The summed E-state index contributed by atoms with van der Waals surface area (Å²) in [4.78, 5) is 19.4. The second-order valence-corrected chi connectivity index (χ2v) is 8.75. The van der Waals surface area contributed by atoms with E-state index in [2.05, 4.69) is 33.1 Å². The van der Waals surface area contributed by atoms with Gasteiger partial charge in [0.1, 0.15) is 6.54 Å². The molecule has 1 saturated carbocycles. The standard InChI is InChI=1S/C21H36N4O2S.HI/c1-4-27-14-12-21(10-5-6-11-21)17-24-20(23-16-19(26)25(2)3)22-13-9-18-8-7-15-28-18;/h7-8,15H,4-6,9-14,16-17H2,1-3H3,(H2,22,23,24);1H. The van der Waals surface area contributed by atoms with E-state index >= 15 is 0 Å². The van der Waals surface area contributed by atoms with Gasteiger partial charge in [0.25, 0.3) is 0 Å². The van der Waals surface area contributed by atoms with Crippen molar-refractivity contribution in [3.8, 4) is 0 Å². The molecule has 166 valence electrons. The van der Waals surface area contributed by atoms with Crippen molar-refractivity contribution in [2.24, 2.45) is 10.4 Å². The van der Waals surface area contributed by atoms with Crippen molar-refractivity contribution in [2.45, 2.75) is 45.4 Å². The number of thiophene rings is 1. The summed E-state index contributed by atoms with van der Waals surface area (Å²) in [7, 11) is 3.52. The van der Waals surface area contributed by atoms with Gasteiger partial charge >= 0.3 is 0 Å².